The van der Waals surface area contributed by atoms with Gasteiger partial charge in [-0.3, -0.25) is 4.79 Å². The fourth-order valence-electron chi connectivity index (χ4n) is 6.00. The zero-order chi connectivity index (χ0) is 16.7. The Morgan fingerprint density at radius 2 is 1.58 bits per heavy atom. The molecule has 2 unspecified atom stereocenters. The van der Waals surface area contributed by atoms with Gasteiger partial charge < -0.3 is 4.84 Å². The van der Waals surface area contributed by atoms with Gasteiger partial charge in [-0.25, -0.2) is 0 Å². The molecule has 4 saturated carbocycles. The summed E-state index contributed by atoms with van der Waals surface area (Å²) in [7, 11) is 0. The van der Waals surface area contributed by atoms with Gasteiger partial charge in [0, 0.05) is 0 Å². The molecule has 0 aromatic heterocycles. The first-order chi connectivity index (χ1) is 11.6. The summed E-state index contributed by atoms with van der Waals surface area (Å²) in [6.07, 6.45) is 7.94. The maximum Gasteiger partial charge on any atom is 0.328 e. The molecule has 0 aliphatic heterocycles. The summed E-state index contributed by atoms with van der Waals surface area (Å²) in [5.74, 6) is 2.52. The Bertz CT molecular complexity index is 562. The second-order valence-electron chi connectivity index (χ2n) is 8.67. The molecule has 3 nitrogen and oxygen atoms in total. The first-order valence-electron chi connectivity index (χ1n) is 9.57. The van der Waals surface area contributed by atoms with Crippen LogP contribution in [0.5, 0.6) is 0 Å². The zero-order valence-electron chi connectivity index (χ0n) is 14.8. The van der Waals surface area contributed by atoms with E-state index in [0.29, 0.717) is 0 Å². The lowest BCUT2D eigenvalue weighted by Gasteiger charge is -2.58. The van der Waals surface area contributed by atoms with Crippen LogP contribution in [0.1, 0.15) is 64.0 Å². The third-order valence-corrected chi connectivity index (χ3v) is 6.99. The first kappa shape index (κ1) is 16.1. The van der Waals surface area contributed by atoms with Crippen molar-refractivity contribution in [1.82, 2.24) is 5.48 Å². The van der Waals surface area contributed by atoms with Gasteiger partial charge in [-0.05, 0) is 74.2 Å². The van der Waals surface area contributed by atoms with E-state index < -0.39 is 0 Å². The molecular weight excluding hydrogens is 298 g/mol. The molecule has 5 rings (SSSR count). The van der Waals surface area contributed by atoms with Crippen molar-refractivity contribution in [3.05, 3.63) is 35.9 Å². The minimum absolute atomic E-state index is 0.00127. The summed E-state index contributed by atoms with van der Waals surface area (Å²) in [6.45, 7) is 4.13. The van der Waals surface area contributed by atoms with Gasteiger partial charge >= 0.3 is 5.97 Å². The number of hydroxylamine groups is 1. The Hall–Kier alpha value is -1.35. The van der Waals surface area contributed by atoms with E-state index in [0.717, 1.165) is 23.3 Å². The van der Waals surface area contributed by atoms with Crippen LogP contribution in [0.4, 0.5) is 0 Å². The number of carbonyl (C=O) groups excluding carboxylic acids is 1. The monoisotopic (exact) mass is 327 g/mol. The normalized spacial score (nSPS) is 36.3. The van der Waals surface area contributed by atoms with Crippen molar-refractivity contribution in [3.63, 3.8) is 0 Å². The van der Waals surface area contributed by atoms with Gasteiger partial charge in [0.25, 0.3) is 0 Å². The number of benzene rings is 1. The third-order valence-electron chi connectivity index (χ3n) is 6.99. The molecule has 1 aromatic rings. The minimum Gasteiger partial charge on any atom is -0.370 e. The number of hydrogen-bond acceptors (Lipinski definition) is 3. The van der Waals surface area contributed by atoms with Crippen molar-refractivity contribution in [2.24, 2.45) is 29.1 Å². The van der Waals surface area contributed by atoms with Crippen LogP contribution in [-0.2, 0) is 9.63 Å². The van der Waals surface area contributed by atoms with E-state index in [-0.39, 0.29) is 23.3 Å². The highest BCUT2D eigenvalue weighted by molar-refractivity contribution is 5.73. The smallest absolute Gasteiger partial charge is 0.328 e. The molecule has 4 fully saturated rings. The Kier molecular flexibility index (Phi) is 4.16. The van der Waals surface area contributed by atoms with Crippen LogP contribution >= 0.6 is 0 Å². The van der Waals surface area contributed by atoms with Gasteiger partial charge in [-0.15, -0.1) is 5.48 Å². The van der Waals surface area contributed by atoms with Gasteiger partial charge in [0.1, 0.15) is 0 Å². The second-order valence-corrected chi connectivity index (χ2v) is 8.67. The lowest BCUT2D eigenvalue weighted by Crippen LogP contribution is -2.51. The highest BCUT2D eigenvalue weighted by Crippen LogP contribution is 2.62. The van der Waals surface area contributed by atoms with E-state index in [1.54, 1.807) is 0 Å². The van der Waals surface area contributed by atoms with Crippen LogP contribution < -0.4 is 5.48 Å². The highest BCUT2D eigenvalue weighted by atomic mass is 16.7. The number of nitrogens with one attached hydrogen (secondary N) is 1. The molecule has 0 radical (unpaired) electrons. The standard InChI is InChI=1S/C21H29NO2/c1-14(20(23)24-22-15(2)19-6-4-3-5-7-19)21-11-16-8-17(12-21)10-18(9-16)13-21/h3-7,14-18,22H,8-13H2,1-2H3. The van der Waals surface area contributed by atoms with Crippen LogP contribution in [-0.4, -0.2) is 5.97 Å². The van der Waals surface area contributed by atoms with Crippen molar-refractivity contribution in [3.8, 4) is 0 Å². The highest BCUT2D eigenvalue weighted by Gasteiger charge is 2.55. The molecule has 0 heterocycles. The largest absolute Gasteiger partial charge is 0.370 e. The Balaban J connectivity index is 1.38. The summed E-state index contributed by atoms with van der Waals surface area (Å²) in [5, 5.41) is 0. The Morgan fingerprint density at radius 3 is 2.12 bits per heavy atom. The summed E-state index contributed by atoms with van der Waals surface area (Å²) < 4.78 is 0. The van der Waals surface area contributed by atoms with Crippen molar-refractivity contribution < 1.29 is 9.63 Å². The average Bonchev–Trinajstić information content (AvgIpc) is 2.58. The lowest BCUT2D eigenvalue weighted by molar-refractivity contribution is -0.171. The summed E-state index contributed by atoms with van der Waals surface area (Å²) >= 11 is 0. The van der Waals surface area contributed by atoms with E-state index in [2.05, 4.69) is 12.4 Å². The minimum atomic E-state index is -0.0697. The number of carbonyl (C=O) groups is 1. The van der Waals surface area contributed by atoms with Gasteiger partial charge in [-0.1, -0.05) is 37.3 Å². The molecule has 4 bridgehead atoms. The fraction of sp³-hybridized carbons (Fsp3) is 0.667. The maximum atomic E-state index is 12.7. The van der Waals surface area contributed by atoms with Crippen LogP contribution in [0, 0.1) is 29.1 Å². The quantitative estimate of drug-likeness (QED) is 0.800. The average molecular weight is 327 g/mol. The van der Waals surface area contributed by atoms with E-state index in [1.165, 1.54) is 38.5 Å². The molecule has 0 saturated heterocycles. The lowest BCUT2D eigenvalue weighted by atomic mass is 9.46. The van der Waals surface area contributed by atoms with Gasteiger partial charge in [0.2, 0.25) is 0 Å². The third kappa shape index (κ3) is 2.88. The van der Waals surface area contributed by atoms with Crippen LogP contribution in [0.2, 0.25) is 0 Å². The SMILES string of the molecule is CC(NOC(=O)C(C)C12CC3CC(CC(C3)C1)C2)c1ccccc1. The van der Waals surface area contributed by atoms with Crippen LogP contribution in [0.15, 0.2) is 30.3 Å². The van der Waals surface area contributed by atoms with Gasteiger partial charge in [0.15, 0.2) is 0 Å². The molecule has 3 heteroatoms. The van der Waals surface area contributed by atoms with Crippen LogP contribution in [0.25, 0.3) is 0 Å². The summed E-state index contributed by atoms with van der Waals surface area (Å²) in [4.78, 5) is 18.2. The molecule has 1 aromatic carbocycles. The summed E-state index contributed by atoms with van der Waals surface area (Å²) in [6, 6.07) is 10.1. The van der Waals surface area contributed by atoms with Crippen molar-refractivity contribution >= 4 is 5.97 Å². The molecule has 1 N–H and O–H groups in total. The maximum absolute atomic E-state index is 12.7. The predicted octanol–water partition coefficient (Wildman–Crippen LogP) is 4.65. The molecular formula is C21H29NO2. The zero-order valence-corrected chi connectivity index (χ0v) is 14.8. The van der Waals surface area contributed by atoms with Gasteiger partial charge in [0.05, 0.1) is 12.0 Å². The van der Waals surface area contributed by atoms with E-state index in [4.69, 9.17) is 4.84 Å². The molecule has 4 aliphatic carbocycles. The van der Waals surface area contributed by atoms with Crippen molar-refractivity contribution in [2.75, 3.05) is 0 Å². The molecule has 2 atom stereocenters. The van der Waals surface area contributed by atoms with E-state index >= 15 is 0 Å². The van der Waals surface area contributed by atoms with Crippen molar-refractivity contribution in [1.29, 1.82) is 0 Å². The Morgan fingerprint density at radius 1 is 1.04 bits per heavy atom. The molecule has 4 aliphatic rings. The molecule has 24 heavy (non-hydrogen) atoms. The van der Waals surface area contributed by atoms with Crippen LogP contribution in [0.3, 0.4) is 0 Å². The number of rotatable bonds is 5. The van der Waals surface area contributed by atoms with E-state index in [1.807, 2.05) is 37.3 Å². The topological polar surface area (TPSA) is 38.3 Å². The fourth-order valence-corrected chi connectivity index (χ4v) is 6.00. The summed E-state index contributed by atoms with van der Waals surface area (Å²) in [5.41, 5.74) is 4.31. The predicted molar refractivity (Wildman–Crippen MR) is 93.9 cm³/mol. The second kappa shape index (κ2) is 6.18. The first-order valence-corrected chi connectivity index (χ1v) is 9.57. The molecule has 0 amide bonds. The Labute approximate surface area is 145 Å². The van der Waals surface area contributed by atoms with Crippen molar-refractivity contribution in [2.45, 2.75) is 58.4 Å². The molecule has 0 spiro atoms. The van der Waals surface area contributed by atoms with E-state index in [9.17, 15) is 4.79 Å². The molecule has 130 valence electrons. The van der Waals surface area contributed by atoms with Gasteiger partial charge in [-0.2, -0.15) is 0 Å². The number of hydrogen-bond donors (Lipinski definition) is 1.